The van der Waals surface area contributed by atoms with Crippen molar-refractivity contribution in [2.75, 3.05) is 46.0 Å². The van der Waals surface area contributed by atoms with E-state index < -0.39 is 17.7 Å². The topological polar surface area (TPSA) is 101 Å². The zero-order valence-corrected chi connectivity index (χ0v) is 23.2. The Hall–Kier alpha value is -4.21. The van der Waals surface area contributed by atoms with E-state index in [0.717, 1.165) is 25.2 Å². The third kappa shape index (κ3) is 6.58. The highest BCUT2D eigenvalue weighted by Gasteiger charge is 2.46. The number of aromatic nitrogens is 1. The molecule has 214 valence electrons. The molecule has 3 heterocycles. The number of nitrogens with zero attached hydrogens (tertiary/aromatic N) is 3. The van der Waals surface area contributed by atoms with Crippen LogP contribution in [-0.4, -0.2) is 77.6 Å². The zero-order valence-electron chi connectivity index (χ0n) is 23.2. The molecule has 41 heavy (non-hydrogen) atoms. The van der Waals surface area contributed by atoms with E-state index >= 15 is 0 Å². The van der Waals surface area contributed by atoms with Gasteiger partial charge in [-0.15, -0.1) is 0 Å². The molecule has 1 aromatic heterocycles. The summed E-state index contributed by atoms with van der Waals surface area (Å²) in [6.07, 6.45) is 3.75. The Morgan fingerprint density at radius 3 is 2.46 bits per heavy atom. The SMILES string of the molecule is CCOc1cc(C2C(=C(O)c3ccncc3)C(=O)C(=O)N2CCCN2CCOCC2)ccc1OCc1ccccc1. The van der Waals surface area contributed by atoms with Crippen LogP contribution in [0.5, 0.6) is 11.5 Å². The number of morpholine rings is 1. The molecule has 0 aliphatic carbocycles. The summed E-state index contributed by atoms with van der Waals surface area (Å²) in [4.78, 5) is 34.6. The smallest absolute Gasteiger partial charge is 0.295 e. The molecule has 2 aliphatic rings. The van der Waals surface area contributed by atoms with E-state index in [-0.39, 0.29) is 11.3 Å². The second-order valence-electron chi connectivity index (χ2n) is 9.95. The number of pyridine rings is 1. The minimum absolute atomic E-state index is 0.0491. The summed E-state index contributed by atoms with van der Waals surface area (Å²) < 4.78 is 17.5. The molecule has 2 fully saturated rings. The Kier molecular flexibility index (Phi) is 9.28. The Balaban J connectivity index is 1.48. The van der Waals surface area contributed by atoms with Crippen molar-refractivity contribution < 1.29 is 28.9 Å². The molecule has 0 radical (unpaired) electrons. The number of likely N-dealkylation sites (tertiary alicyclic amines) is 1. The van der Waals surface area contributed by atoms with Crippen LogP contribution in [0.4, 0.5) is 0 Å². The van der Waals surface area contributed by atoms with Gasteiger partial charge in [0.15, 0.2) is 11.5 Å². The third-order valence-corrected chi connectivity index (χ3v) is 7.29. The van der Waals surface area contributed by atoms with Crippen molar-refractivity contribution in [3.05, 3.63) is 95.3 Å². The first-order valence-electron chi connectivity index (χ1n) is 14.0. The van der Waals surface area contributed by atoms with Crippen LogP contribution in [0.15, 0.2) is 78.6 Å². The summed E-state index contributed by atoms with van der Waals surface area (Å²) in [6, 6.07) is 17.7. The van der Waals surface area contributed by atoms with Gasteiger partial charge < -0.3 is 24.2 Å². The molecular weight excluding hydrogens is 522 g/mol. The molecule has 1 amide bonds. The van der Waals surface area contributed by atoms with Crippen LogP contribution in [0.3, 0.4) is 0 Å². The second-order valence-corrected chi connectivity index (χ2v) is 9.95. The normalized spacial score (nSPS) is 19.0. The molecule has 3 aromatic rings. The minimum Gasteiger partial charge on any atom is -0.507 e. The molecule has 2 saturated heterocycles. The van der Waals surface area contributed by atoms with E-state index in [1.165, 1.54) is 12.4 Å². The number of benzene rings is 2. The predicted molar refractivity (Wildman–Crippen MR) is 154 cm³/mol. The van der Waals surface area contributed by atoms with Gasteiger partial charge in [-0.25, -0.2) is 0 Å². The summed E-state index contributed by atoms with van der Waals surface area (Å²) in [7, 11) is 0. The van der Waals surface area contributed by atoms with E-state index in [1.54, 1.807) is 29.2 Å². The van der Waals surface area contributed by atoms with Crippen molar-refractivity contribution in [1.29, 1.82) is 0 Å². The van der Waals surface area contributed by atoms with Crippen molar-refractivity contribution >= 4 is 17.4 Å². The highest BCUT2D eigenvalue weighted by molar-refractivity contribution is 6.46. The summed E-state index contributed by atoms with van der Waals surface area (Å²) >= 11 is 0. The van der Waals surface area contributed by atoms with E-state index in [0.29, 0.717) is 62.0 Å². The number of hydrogen-bond donors (Lipinski definition) is 1. The van der Waals surface area contributed by atoms with Crippen LogP contribution in [0, 0.1) is 0 Å². The van der Waals surface area contributed by atoms with Crippen LogP contribution in [0.25, 0.3) is 5.76 Å². The van der Waals surface area contributed by atoms with Gasteiger partial charge in [-0.1, -0.05) is 36.4 Å². The predicted octanol–water partition coefficient (Wildman–Crippen LogP) is 4.20. The number of carbonyl (C=O) groups is 2. The van der Waals surface area contributed by atoms with E-state index in [2.05, 4.69) is 9.88 Å². The van der Waals surface area contributed by atoms with Gasteiger partial charge in [0, 0.05) is 44.1 Å². The molecule has 1 unspecified atom stereocenters. The van der Waals surface area contributed by atoms with Crippen LogP contribution in [0.2, 0.25) is 0 Å². The van der Waals surface area contributed by atoms with Crippen LogP contribution in [-0.2, 0) is 20.9 Å². The Labute approximate surface area is 240 Å². The molecule has 5 rings (SSSR count). The largest absolute Gasteiger partial charge is 0.507 e. The molecule has 0 bridgehead atoms. The maximum absolute atomic E-state index is 13.4. The molecule has 9 heteroatoms. The van der Waals surface area contributed by atoms with Gasteiger partial charge in [-0.05, 0) is 48.7 Å². The Bertz CT molecular complexity index is 1370. The first kappa shape index (κ1) is 28.3. The quantitative estimate of drug-likeness (QED) is 0.213. The van der Waals surface area contributed by atoms with Gasteiger partial charge >= 0.3 is 0 Å². The van der Waals surface area contributed by atoms with E-state index in [4.69, 9.17) is 14.2 Å². The molecule has 0 spiro atoms. The number of ether oxygens (including phenoxy) is 3. The fourth-order valence-corrected chi connectivity index (χ4v) is 5.23. The number of aliphatic hydroxyl groups excluding tert-OH is 1. The van der Waals surface area contributed by atoms with E-state index in [9.17, 15) is 14.7 Å². The lowest BCUT2D eigenvalue weighted by molar-refractivity contribution is -0.140. The number of hydrogen-bond acceptors (Lipinski definition) is 8. The lowest BCUT2D eigenvalue weighted by atomic mass is 9.95. The number of carbonyl (C=O) groups excluding carboxylic acids is 2. The average Bonchev–Trinajstić information content (AvgIpc) is 3.27. The van der Waals surface area contributed by atoms with Crippen molar-refractivity contribution in [3.63, 3.8) is 0 Å². The van der Waals surface area contributed by atoms with Crippen molar-refractivity contribution in [2.45, 2.75) is 26.0 Å². The number of rotatable bonds is 11. The summed E-state index contributed by atoms with van der Waals surface area (Å²) in [5.41, 5.74) is 2.14. The van der Waals surface area contributed by atoms with Gasteiger partial charge in [-0.2, -0.15) is 0 Å². The summed E-state index contributed by atoms with van der Waals surface area (Å²) in [6.45, 7) is 6.85. The monoisotopic (exact) mass is 557 g/mol. The van der Waals surface area contributed by atoms with Gasteiger partial charge in [0.25, 0.3) is 11.7 Å². The second kappa shape index (κ2) is 13.4. The zero-order chi connectivity index (χ0) is 28.6. The average molecular weight is 558 g/mol. The first-order chi connectivity index (χ1) is 20.1. The maximum atomic E-state index is 13.4. The van der Waals surface area contributed by atoms with E-state index in [1.807, 2.05) is 43.3 Å². The molecule has 1 N–H and O–H groups in total. The lowest BCUT2D eigenvalue weighted by Crippen LogP contribution is -2.39. The van der Waals surface area contributed by atoms with Gasteiger partial charge in [0.05, 0.1) is 31.4 Å². The first-order valence-corrected chi connectivity index (χ1v) is 14.0. The Morgan fingerprint density at radius 1 is 0.976 bits per heavy atom. The fraction of sp³-hybridized carbons (Fsp3) is 0.344. The molecule has 2 aliphatic heterocycles. The maximum Gasteiger partial charge on any atom is 0.295 e. The Morgan fingerprint density at radius 2 is 1.73 bits per heavy atom. The highest BCUT2D eigenvalue weighted by Crippen LogP contribution is 2.42. The third-order valence-electron chi connectivity index (χ3n) is 7.29. The van der Waals surface area contributed by atoms with Crippen molar-refractivity contribution in [1.82, 2.24) is 14.8 Å². The number of ketones is 1. The number of Topliss-reactive ketones (excluding diaryl/α,β-unsaturated/α-hetero) is 1. The van der Waals surface area contributed by atoms with Crippen LogP contribution in [0.1, 0.15) is 36.1 Å². The minimum atomic E-state index is -0.782. The molecule has 0 saturated carbocycles. The van der Waals surface area contributed by atoms with Gasteiger partial charge in [0.1, 0.15) is 12.4 Å². The molecule has 9 nitrogen and oxygen atoms in total. The van der Waals surface area contributed by atoms with Crippen molar-refractivity contribution in [2.24, 2.45) is 0 Å². The molecule has 1 atom stereocenters. The number of aliphatic hydroxyl groups is 1. The van der Waals surface area contributed by atoms with Crippen molar-refractivity contribution in [3.8, 4) is 11.5 Å². The standard InChI is InChI=1S/C32H35N3O6/c1-2-40-27-21-25(9-10-26(27)41-22-23-7-4-3-5-8-23)29-28(30(36)24-11-13-33-14-12-24)31(37)32(38)35(29)16-6-15-34-17-19-39-20-18-34/h3-5,7-14,21,29,36H,2,6,15-20,22H2,1H3. The summed E-state index contributed by atoms with van der Waals surface area (Å²) in [5.74, 6) is -0.511. The van der Waals surface area contributed by atoms with Gasteiger partial charge in [0.2, 0.25) is 0 Å². The fourth-order valence-electron chi connectivity index (χ4n) is 5.23. The van der Waals surface area contributed by atoms with Crippen LogP contribution >= 0.6 is 0 Å². The molecule has 2 aromatic carbocycles. The van der Waals surface area contributed by atoms with Gasteiger partial charge in [-0.3, -0.25) is 19.5 Å². The number of amides is 1. The summed E-state index contributed by atoms with van der Waals surface area (Å²) in [5, 5.41) is 11.3. The highest BCUT2D eigenvalue weighted by atomic mass is 16.5. The molecular formula is C32H35N3O6. The lowest BCUT2D eigenvalue weighted by Gasteiger charge is -2.29. The van der Waals surface area contributed by atoms with Crippen LogP contribution < -0.4 is 9.47 Å².